The van der Waals surface area contributed by atoms with Crippen LogP contribution in [0.15, 0.2) is 42.5 Å². The average Bonchev–Trinajstić information content (AvgIpc) is 2.72. The number of carbonyl (C=O) groups is 1. The lowest BCUT2D eigenvalue weighted by Crippen LogP contribution is -2.40. The minimum atomic E-state index is 0.158. The van der Waals surface area contributed by atoms with Gasteiger partial charge in [-0.15, -0.1) is 0 Å². The van der Waals surface area contributed by atoms with Gasteiger partial charge >= 0.3 is 0 Å². The molecule has 150 valence electrons. The Bertz CT molecular complexity index is 797. The molecule has 3 rings (SSSR count). The van der Waals surface area contributed by atoms with Gasteiger partial charge in [0.1, 0.15) is 5.75 Å². The van der Waals surface area contributed by atoms with Gasteiger partial charge in [0, 0.05) is 13.1 Å². The van der Waals surface area contributed by atoms with Crippen LogP contribution >= 0.6 is 0 Å². The second-order valence-electron chi connectivity index (χ2n) is 7.32. The van der Waals surface area contributed by atoms with E-state index in [0.717, 1.165) is 37.2 Å². The number of hydrogen-bond acceptors (Lipinski definition) is 4. The molecule has 28 heavy (non-hydrogen) atoms. The van der Waals surface area contributed by atoms with Crippen LogP contribution in [0.1, 0.15) is 24.0 Å². The number of amides is 1. The van der Waals surface area contributed by atoms with Crippen molar-refractivity contribution in [2.24, 2.45) is 5.92 Å². The van der Waals surface area contributed by atoms with E-state index in [0.29, 0.717) is 30.4 Å². The molecule has 1 fully saturated rings. The molecule has 0 bridgehead atoms. The Balaban J connectivity index is 1.47. The minimum Gasteiger partial charge on any atom is -0.493 e. The fourth-order valence-electron chi connectivity index (χ4n) is 3.55. The molecule has 1 aliphatic heterocycles. The lowest BCUT2D eigenvalue weighted by molar-refractivity contribution is -0.132. The monoisotopic (exact) mass is 383 g/mol. The van der Waals surface area contributed by atoms with E-state index >= 15 is 0 Å². The van der Waals surface area contributed by atoms with Crippen LogP contribution in [0.25, 0.3) is 0 Å². The molecule has 1 amide bonds. The van der Waals surface area contributed by atoms with E-state index in [1.54, 1.807) is 14.2 Å². The number of rotatable bonds is 7. The largest absolute Gasteiger partial charge is 0.493 e. The van der Waals surface area contributed by atoms with Gasteiger partial charge in [0.15, 0.2) is 11.5 Å². The molecule has 0 radical (unpaired) electrons. The fourth-order valence-corrected chi connectivity index (χ4v) is 3.55. The van der Waals surface area contributed by atoms with Crippen LogP contribution in [0.3, 0.4) is 0 Å². The highest BCUT2D eigenvalue weighted by Gasteiger charge is 2.23. The number of aryl methyl sites for hydroxylation is 1. The molecule has 1 aliphatic rings. The van der Waals surface area contributed by atoms with E-state index in [1.807, 2.05) is 35.2 Å². The molecule has 0 N–H and O–H groups in total. The molecule has 0 unspecified atom stereocenters. The number of benzene rings is 2. The Hall–Kier alpha value is -2.69. The first kappa shape index (κ1) is 20.1. The van der Waals surface area contributed by atoms with E-state index in [4.69, 9.17) is 14.2 Å². The fraction of sp³-hybridized carbons (Fsp3) is 0.435. The van der Waals surface area contributed by atoms with Gasteiger partial charge in [-0.25, -0.2) is 0 Å². The number of ether oxygens (including phenoxy) is 3. The molecule has 5 nitrogen and oxygen atoms in total. The zero-order chi connectivity index (χ0) is 19.9. The number of carbonyl (C=O) groups excluding carboxylic acids is 1. The Morgan fingerprint density at radius 2 is 1.79 bits per heavy atom. The summed E-state index contributed by atoms with van der Waals surface area (Å²) in [4.78, 5) is 14.6. The highest BCUT2D eigenvalue weighted by atomic mass is 16.5. The van der Waals surface area contributed by atoms with Crippen molar-refractivity contribution in [2.45, 2.75) is 26.2 Å². The zero-order valence-electron chi connectivity index (χ0n) is 16.9. The third-order valence-corrected chi connectivity index (χ3v) is 5.25. The molecule has 2 aromatic carbocycles. The average molecular weight is 383 g/mol. The molecule has 0 aromatic heterocycles. The van der Waals surface area contributed by atoms with Crippen molar-refractivity contribution in [1.82, 2.24) is 4.90 Å². The topological polar surface area (TPSA) is 48.0 Å². The third-order valence-electron chi connectivity index (χ3n) is 5.25. The van der Waals surface area contributed by atoms with Crippen LogP contribution in [0, 0.1) is 12.8 Å². The maximum Gasteiger partial charge on any atom is 0.226 e. The second kappa shape index (κ2) is 9.49. The molecule has 1 saturated heterocycles. The van der Waals surface area contributed by atoms with Crippen molar-refractivity contribution in [1.29, 1.82) is 0 Å². The van der Waals surface area contributed by atoms with E-state index < -0.39 is 0 Å². The summed E-state index contributed by atoms with van der Waals surface area (Å²) in [6, 6.07) is 13.8. The van der Waals surface area contributed by atoms with Gasteiger partial charge in [-0.2, -0.15) is 0 Å². The molecule has 0 saturated carbocycles. The van der Waals surface area contributed by atoms with Crippen molar-refractivity contribution >= 4 is 5.91 Å². The highest BCUT2D eigenvalue weighted by molar-refractivity contribution is 5.79. The van der Waals surface area contributed by atoms with Gasteiger partial charge in [0.2, 0.25) is 5.91 Å². The van der Waals surface area contributed by atoms with Gasteiger partial charge in [0.05, 0.1) is 27.2 Å². The van der Waals surface area contributed by atoms with Crippen LogP contribution in [-0.4, -0.2) is 44.7 Å². The van der Waals surface area contributed by atoms with Crippen molar-refractivity contribution in [3.63, 3.8) is 0 Å². The number of likely N-dealkylation sites (tertiary alicyclic amines) is 1. The van der Waals surface area contributed by atoms with Crippen molar-refractivity contribution < 1.29 is 19.0 Å². The summed E-state index contributed by atoms with van der Waals surface area (Å²) in [5, 5.41) is 0. The predicted molar refractivity (Wildman–Crippen MR) is 109 cm³/mol. The smallest absolute Gasteiger partial charge is 0.226 e. The van der Waals surface area contributed by atoms with E-state index in [2.05, 4.69) is 19.1 Å². The maximum atomic E-state index is 12.7. The molecule has 0 atom stereocenters. The van der Waals surface area contributed by atoms with Crippen LogP contribution in [0.5, 0.6) is 17.2 Å². The molecular formula is C23H29NO4. The van der Waals surface area contributed by atoms with Gasteiger partial charge in [-0.3, -0.25) is 4.79 Å². The summed E-state index contributed by atoms with van der Waals surface area (Å²) in [7, 11) is 3.21. The second-order valence-corrected chi connectivity index (χ2v) is 7.32. The lowest BCUT2D eigenvalue weighted by Gasteiger charge is -2.32. The molecule has 2 aromatic rings. The van der Waals surface area contributed by atoms with Crippen LogP contribution in [0.4, 0.5) is 0 Å². The van der Waals surface area contributed by atoms with E-state index in [9.17, 15) is 4.79 Å². The van der Waals surface area contributed by atoms with Crippen LogP contribution < -0.4 is 14.2 Å². The maximum absolute atomic E-state index is 12.7. The summed E-state index contributed by atoms with van der Waals surface area (Å²) in [6.07, 6.45) is 2.33. The molecule has 5 heteroatoms. The zero-order valence-corrected chi connectivity index (χ0v) is 16.9. The summed E-state index contributed by atoms with van der Waals surface area (Å²) < 4.78 is 16.5. The summed E-state index contributed by atoms with van der Waals surface area (Å²) in [5.74, 6) is 2.90. The quantitative estimate of drug-likeness (QED) is 0.728. The van der Waals surface area contributed by atoms with Crippen molar-refractivity contribution in [3.05, 3.63) is 53.6 Å². The Kier molecular flexibility index (Phi) is 6.80. The summed E-state index contributed by atoms with van der Waals surface area (Å²) in [6.45, 7) is 4.35. The normalized spacial score (nSPS) is 14.6. The van der Waals surface area contributed by atoms with Crippen LogP contribution in [-0.2, 0) is 11.2 Å². The summed E-state index contributed by atoms with van der Waals surface area (Å²) in [5.41, 5.74) is 2.14. The Morgan fingerprint density at radius 1 is 1.04 bits per heavy atom. The third kappa shape index (κ3) is 5.18. The number of piperidine rings is 1. The van der Waals surface area contributed by atoms with Gasteiger partial charge in [0.25, 0.3) is 0 Å². The van der Waals surface area contributed by atoms with Crippen molar-refractivity contribution in [2.75, 3.05) is 33.9 Å². The van der Waals surface area contributed by atoms with Crippen molar-refractivity contribution in [3.8, 4) is 17.2 Å². The van der Waals surface area contributed by atoms with Gasteiger partial charge in [-0.1, -0.05) is 18.2 Å². The Labute approximate surface area is 167 Å². The molecular weight excluding hydrogens is 354 g/mol. The van der Waals surface area contributed by atoms with Gasteiger partial charge < -0.3 is 19.1 Å². The lowest BCUT2D eigenvalue weighted by atomic mass is 9.97. The highest BCUT2D eigenvalue weighted by Crippen LogP contribution is 2.28. The number of nitrogens with zero attached hydrogens (tertiary/aromatic N) is 1. The van der Waals surface area contributed by atoms with E-state index in [1.165, 1.54) is 5.56 Å². The minimum absolute atomic E-state index is 0.158. The molecule has 0 spiro atoms. The van der Waals surface area contributed by atoms with Gasteiger partial charge in [-0.05, 0) is 61.1 Å². The van der Waals surface area contributed by atoms with E-state index in [-0.39, 0.29) is 5.91 Å². The first-order valence-corrected chi connectivity index (χ1v) is 9.77. The number of methoxy groups -OCH3 is 2. The predicted octanol–water partition coefficient (Wildman–Crippen LogP) is 3.87. The van der Waals surface area contributed by atoms with Crippen LogP contribution in [0.2, 0.25) is 0 Å². The first-order valence-electron chi connectivity index (χ1n) is 9.77. The SMILES string of the molecule is COc1ccc(CC(=O)N2CCC(COc3cccc(C)c3)CC2)cc1OC. The molecule has 1 heterocycles. The number of hydrogen-bond donors (Lipinski definition) is 0. The molecule has 0 aliphatic carbocycles. The standard InChI is InChI=1S/C23H29NO4/c1-17-5-4-6-20(13-17)28-16-18-9-11-24(12-10-18)23(25)15-19-7-8-21(26-2)22(14-19)27-3/h4-8,13-14,18H,9-12,15-16H2,1-3H3. The Morgan fingerprint density at radius 3 is 2.46 bits per heavy atom. The first-order chi connectivity index (χ1) is 13.6. The summed E-state index contributed by atoms with van der Waals surface area (Å²) >= 11 is 0.